The highest BCUT2D eigenvalue weighted by atomic mass is 32.2. The Morgan fingerprint density at radius 3 is 2.21 bits per heavy atom. The topological polar surface area (TPSA) is 46.6 Å². The fourth-order valence-corrected chi connectivity index (χ4v) is 5.68. The molecule has 0 radical (unpaired) electrons. The lowest BCUT2D eigenvalue weighted by atomic mass is 9.78. The van der Waals surface area contributed by atoms with Gasteiger partial charge in [0.2, 0.25) is 10.0 Å². The minimum absolute atomic E-state index is 0.213. The molecular weight excluding hydrogens is 390 g/mol. The molecule has 0 spiro atoms. The summed E-state index contributed by atoms with van der Waals surface area (Å²) in [4.78, 5) is 0.323. The number of hydrogen-bond acceptors (Lipinski definition) is 4. The molecule has 146 valence electrons. The second-order valence-corrected chi connectivity index (χ2v) is 9.68. The Kier molecular flexibility index (Phi) is 5.47. The lowest BCUT2D eigenvalue weighted by molar-refractivity contribution is 0.0734. The van der Waals surface area contributed by atoms with Crippen molar-refractivity contribution in [2.75, 3.05) is 26.3 Å². The highest BCUT2D eigenvalue weighted by Gasteiger charge is 2.39. The third-order valence-electron chi connectivity index (χ3n) is 5.31. The molecule has 2 unspecified atom stereocenters. The third kappa shape index (κ3) is 3.57. The Morgan fingerprint density at radius 1 is 0.964 bits per heavy atom. The lowest BCUT2D eigenvalue weighted by Crippen LogP contribution is -2.41. The number of benzene rings is 2. The number of thiol groups is 1. The van der Waals surface area contributed by atoms with Crippen molar-refractivity contribution >= 4 is 22.7 Å². The Morgan fingerprint density at radius 2 is 1.57 bits per heavy atom. The summed E-state index contributed by atoms with van der Waals surface area (Å²) in [7, 11) is -3.56. The van der Waals surface area contributed by atoms with E-state index in [1.54, 1.807) is 6.08 Å². The Labute approximate surface area is 172 Å². The first-order chi connectivity index (χ1) is 13.5. The Balaban J connectivity index is 1.79. The molecule has 6 heteroatoms. The van der Waals surface area contributed by atoms with E-state index in [0.717, 1.165) is 11.1 Å². The SMILES string of the molecule is O=S(=O)(C1=CC(c2ccccc2)C(S)(c2ccccc2)C=C1)N1CCOCC1. The van der Waals surface area contributed by atoms with Gasteiger partial charge >= 0.3 is 0 Å². The number of ether oxygens (including phenoxy) is 1. The normalized spacial score (nSPS) is 26.0. The molecule has 0 aromatic heterocycles. The second-order valence-electron chi connectivity index (χ2n) is 7.00. The van der Waals surface area contributed by atoms with Crippen LogP contribution in [-0.4, -0.2) is 39.0 Å². The zero-order valence-electron chi connectivity index (χ0n) is 15.4. The molecule has 0 saturated carbocycles. The van der Waals surface area contributed by atoms with Crippen molar-refractivity contribution in [3.05, 3.63) is 94.9 Å². The molecule has 1 saturated heterocycles. The fourth-order valence-electron chi connectivity index (χ4n) is 3.76. The second kappa shape index (κ2) is 7.87. The average Bonchev–Trinajstić information content (AvgIpc) is 2.76. The van der Waals surface area contributed by atoms with Crippen molar-refractivity contribution in [2.45, 2.75) is 10.7 Å². The number of morpholine rings is 1. The standard InChI is InChI=1S/C22H23NO3S2/c24-28(25,23-13-15-26-16-14-23)20-11-12-22(27,19-9-5-2-6-10-19)21(17-20)18-7-3-1-4-8-18/h1-12,17,21,27H,13-16H2. The van der Waals surface area contributed by atoms with Crippen LogP contribution >= 0.6 is 12.6 Å². The van der Waals surface area contributed by atoms with E-state index in [0.29, 0.717) is 31.2 Å². The molecule has 0 amide bonds. The van der Waals surface area contributed by atoms with Crippen molar-refractivity contribution in [3.63, 3.8) is 0 Å². The molecule has 0 bridgehead atoms. The van der Waals surface area contributed by atoms with Crippen molar-refractivity contribution in [2.24, 2.45) is 0 Å². The van der Waals surface area contributed by atoms with Gasteiger partial charge in [-0.25, -0.2) is 8.42 Å². The summed E-state index contributed by atoms with van der Waals surface area (Å²) in [5.74, 6) is -0.213. The molecule has 1 aliphatic heterocycles. The molecule has 2 aromatic carbocycles. The van der Waals surface area contributed by atoms with E-state index in [-0.39, 0.29) is 5.92 Å². The van der Waals surface area contributed by atoms with Gasteiger partial charge in [-0.2, -0.15) is 16.9 Å². The molecular formula is C22H23NO3S2. The third-order valence-corrected chi connectivity index (χ3v) is 7.91. The highest BCUT2D eigenvalue weighted by molar-refractivity contribution is 7.93. The van der Waals surface area contributed by atoms with Crippen LogP contribution in [-0.2, 0) is 19.5 Å². The largest absolute Gasteiger partial charge is 0.379 e. The molecule has 28 heavy (non-hydrogen) atoms. The number of sulfonamides is 1. The number of rotatable bonds is 4. The van der Waals surface area contributed by atoms with Gasteiger partial charge in [0.05, 0.1) is 22.9 Å². The maximum atomic E-state index is 13.2. The molecule has 1 aliphatic carbocycles. The van der Waals surface area contributed by atoms with Gasteiger partial charge in [0.15, 0.2) is 0 Å². The lowest BCUT2D eigenvalue weighted by Gasteiger charge is -2.37. The molecule has 1 fully saturated rings. The van der Waals surface area contributed by atoms with Crippen molar-refractivity contribution in [1.29, 1.82) is 0 Å². The number of allylic oxidation sites excluding steroid dienone is 2. The van der Waals surface area contributed by atoms with Gasteiger partial charge in [-0.05, 0) is 17.2 Å². The summed E-state index contributed by atoms with van der Waals surface area (Å²) in [6.07, 6.45) is 5.46. The van der Waals surface area contributed by atoms with E-state index in [1.165, 1.54) is 4.31 Å². The van der Waals surface area contributed by atoms with Crippen LogP contribution in [0.2, 0.25) is 0 Å². The first kappa shape index (κ1) is 19.5. The van der Waals surface area contributed by atoms with Gasteiger partial charge in [0.25, 0.3) is 0 Å². The summed E-state index contributed by atoms with van der Waals surface area (Å²) in [5, 5.41) is 0. The van der Waals surface area contributed by atoms with Crippen LogP contribution in [0.5, 0.6) is 0 Å². The van der Waals surface area contributed by atoms with Gasteiger partial charge in [-0.1, -0.05) is 72.8 Å². The van der Waals surface area contributed by atoms with Crippen LogP contribution in [0.1, 0.15) is 17.0 Å². The molecule has 2 atom stereocenters. The minimum Gasteiger partial charge on any atom is -0.379 e. The predicted octanol–water partition coefficient (Wildman–Crippen LogP) is 3.71. The Bertz CT molecular complexity index is 981. The van der Waals surface area contributed by atoms with Gasteiger partial charge in [-0.15, -0.1) is 0 Å². The maximum Gasteiger partial charge on any atom is 0.242 e. The van der Waals surface area contributed by atoms with E-state index < -0.39 is 14.8 Å². The predicted molar refractivity (Wildman–Crippen MR) is 115 cm³/mol. The van der Waals surface area contributed by atoms with Crippen molar-refractivity contribution in [1.82, 2.24) is 4.31 Å². The molecule has 4 nitrogen and oxygen atoms in total. The van der Waals surface area contributed by atoms with Crippen LogP contribution in [0, 0.1) is 0 Å². The first-order valence-corrected chi connectivity index (χ1v) is 11.2. The number of hydrogen-bond donors (Lipinski definition) is 1. The smallest absolute Gasteiger partial charge is 0.242 e. The zero-order valence-corrected chi connectivity index (χ0v) is 17.1. The van der Waals surface area contributed by atoms with Crippen LogP contribution in [0.4, 0.5) is 0 Å². The quantitative estimate of drug-likeness (QED) is 0.778. The summed E-state index contributed by atoms with van der Waals surface area (Å²) in [5.41, 5.74) is 2.06. The molecule has 0 N–H and O–H groups in total. The summed E-state index contributed by atoms with van der Waals surface area (Å²) < 4.78 is 32.6. The summed E-state index contributed by atoms with van der Waals surface area (Å²) in [6, 6.07) is 19.9. The monoisotopic (exact) mass is 413 g/mol. The Hall–Kier alpha value is -1.86. The fraction of sp³-hybridized carbons (Fsp3) is 0.273. The average molecular weight is 414 g/mol. The van der Waals surface area contributed by atoms with Gasteiger partial charge in [0.1, 0.15) is 0 Å². The van der Waals surface area contributed by atoms with Crippen LogP contribution < -0.4 is 0 Å². The van der Waals surface area contributed by atoms with Crippen molar-refractivity contribution < 1.29 is 13.2 Å². The van der Waals surface area contributed by atoms with Gasteiger partial charge in [-0.3, -0.25) is 0 Å². The van der Waals surface area contributed by atoms with Crippen LogP contribution in [0.15, 0.2) is 83.8 Å². The molecule has 2 aromatic rings. The van der Waals surface area contributed by atoms with E-state index in [1.807, 2.05) is 72.8 Å². The van der Waals surface area contributed by atoms with Crippen LogP contribution in [0.3, 0.4) is 0 Å². The van der Waals surface area contributed by atoms with Crippen LogP contribution in [0.25, 0.3) is 0 Å². The van der Waals surface area contributed by atoms with Gasteiger partial charge < -0.3 is 4.74 Å². The summed E-state index contributed by atoms with van der Waals surface area (Å²) >= 11 is 5.05. The molecule has 2 aliphatic rings. The maximum absolute atomic E-state index is 13.2. The van der Waals surface area contributed by atoms with E-state index >= 15 is 0 Å². The van der Waals surface area contributed by atoms with E-state index in [9.17, 15) is 8.42 Å². The molecule has 4 rings (SSSR count). The zero-order chi connectivity index (χ0) is 19.6. The highest BCUT2D eigenvalue weighted by Crippen LogP contribution is 2.48. The van der Waals surface area contributed by atoms with E-state index in [2.05, 4.69) is 0 Å². The first-order valence-electron chi connectivity index (χ1n) is 9.33. The van der Waals surface area contributed by atoms with Crippen molar-refractivity contribution in [3.8, 4) is 0 Å². The van der Waals surface area contributed by atoms with E-state index in [4.69, 9.17) is 17.4 Å². The number of nitrogens with zero attached hydrogens (tertiary/aromatic N) is 1. The minimum atomic E-state index is -3.56. The van der Waals surface area contributed by atoms with Gasteiger partial charge in [0, 0.05) is 19.0 Å². The summed E-state index contributed by atoms with van der Waals surface area (Å²) in [6.45, 7) is 1.63. The molecule has 1 heterocycles.